The van der Waals surface area contributed by atoms with E-state index in [0.717, 1.165) is 5.92 Å². The van der Waals surface area contributed by atoms with Crippen LogP contribution in [0.5, 0.6) is 0 Å². The van der Waals surface area contributed by atoms with Gasteiger partial charge < -0.3 is 5.32 Å². The van der Waals surface area contributed by atoms with Gasteiger partial charge in [0, 0.05) is 11.7 Å². The lowest BCUT2D eigenvalue weighted by atomic mass is 9.81. The van der Waals surface area contributed by atoms with E-state index in [-0.39, 0.29) is 0 Å². The van der Waals surface area contributed by atoms with Crippen LogP contribution in [0.1, 0.15) is 43.7 Å². The zero-order valence-electron chi connectivity index (χ0n) is 10.7. The van der Waals surface area contributed by atoms with Gasteiger partial charge in [0.25, 0.3) is 0 Å². The molecule has 1 aromatic rings. The van der Waals surface area contributed by atoms with E-state index in [1.165, 1.54) is 42.5 Å². The Morgan fingerprint density at radius 2 is 1.81 bits per heavy atom. The molecule has 0 aromatic heterocycles. The highest BCUT2D eigenvalue weighted by Crippen LogP contribution is 2.31. The Hall–Kier alpha value is -0.980. The summed E-state index contributed by atoms with van der Waals surface area (Å²) in [5.41, 5.74) is 3.97. The molecular weight excluding hydrogens is 194 g/mol. The molecule has 16 heavy (non-hydrogen) atoms. The molecule has 0 spiro atoms. The molecule has 0 heterocycles. The molecule has 1 aromatic carbocycles. The van der Waals surface area contributed by atoms with E-state index in [9.17, 15) is 0 Å². The summed E-state index contributed by atoms with van der Waals surface area (Å²) in [6.07, 6.45) is 5.66. The van der Waals surface area contributed by atoms with Crippen molar-refractivity contribution in [2.24, 2.45) is 5.92 Å². The van der Waals surface area contributed by atoms with E-state index in [1.807, 2.05) is 0 Å². The second kappa shape index (κ2) is 4.90. The monoisotopic (exact) mass is 217 g/mol. The molecule has 0 amide bonds. The largest absolute Gasteiger partial charge is 0.383 e. The van der Waals surface area contributed by atoms with Crippen LogP contribution in [-0.2, 0) is 0 Å². The normalized spacial score (nSPS) is 17.9. The van der Waals surface area contributed by atoms with Crippen molar-refractivity contribution in [3.05, 3.63) is 29.3 Å². The number of nitrogens with one attached hydrogen (secondary N) is 1. The second-order valence-corrected chi connectivity index (χ2v) is 5.45. The maximum Gasteiger partial charge on any atom is 0.0347 e. The van der Waals surface area contributed by atoms with Gasteiger partial charge in [-0.1, -0.05) is 25.3 Å². The molecule has 1 fully saturated rings. The first kappa shape index (κ1) is 11.5. The lowest BCUT2D eigenvalue weighted by molar-refractivity contribution is 0.286. The lowest BCUT2D eigenvalue weighted by Gasteiger charge is -2.29. The van der Waals surface area contributed by atoms with E-state index in [0.29, 0.717) is 6.04 Å². The average Bonchev–Trinajstić information content (AvgIpc) is 2.09. The molecule has 1 nitrogen and oxygen atoms in total. The first-order chi connectivity index (χ1) is 7.63. The summed E-state index contributed by atoms with van der Waals surface area (Å²) < 4.78 is 0. The van der Waals surface area contributed by atoms with Crippen LogP contribution in [0.4, 0.5) is 5.69 Å². The number of hydrogen-bond acceptors (Lipinski definition) is 1. The second-order valence-electron chi connectivity index (χ2n) is 5.45. The van der Waals surface area contributed by atoms with Crippen molar-refractivity contribution >= 4 is 5.69 Å². The Bertz CT molecular complexity index is 332. The van der Waals surface area contributed by atoms with E-state index in [1.54, 1.807) is 0 Å². The topological polar surface area (TPSA) is 12.0 Å². The molecule has 1 aliphatic carbocycles. The Balaban J connectivity index is 1.91. The number of hydrogen-bond donors (Lipinski definition) is 1. The van der Waals surface area contributed by atoms with Crippen LogP contribution in [0.25, 0.3) is 0 Å². The minimum Gasteiger partial charge on any atom is -0.383 e. The third-order valence-corrected chi connectivity index (χ3v) is 3.55. The maximum absolute atomic E-state index is 3.62. The Morgan fingerprint density at radius 1 is 1.19 bits per heavy atom. The number of benzene rings is 1. The van der Waals surface area contributed by atoms with Crippen LogP contribution in [0.2, 0.25) is 0 Å². The van der Waals surface area contributed by atoms with Gasteiger partial charge in [0.2, 0.25) is 0 Å². The molecule has 0 bridgehead atoms. The third kappa shape index (κ3) is 3.01. The van der Waals surface area contributed by atoms with Crippen LogP contribution in [0.3, 0.4) is 0 Å². The van der Waals surface area contributed by atoms with Crippen molar-refractivity contribution in [1.82, 2.24) is 0 Å². The summed E-state index contributed by atoms with van der Waals surface area (Å²) in [5.74, 6) is 0.980. The zero-order valence-corrected chi connectivity index (χ0v) is 10.7. The molecule has 88 valence electrons. The first-order valence-corrected chi connectivity index (χ1v) is 6.48. The molecule has 1 aliphatic rings. The fraction of sp³-hybridized carbons (Fsp3) is 0.600. The molecule has 1 N–H and O–H groups in total. The van der Waals surface area contributed by atoms with Gasteiger partial charge >= 0.3 is 0 Å². The molecule has 1 saturated carbocycles. The molecule has 0 radical (unpaired) electrons. The Morgan fingerprint density at radius 3 is 2.31 bits per heavy atom. The van der Waals surface area contributed by atoms with Crippen molar-refractivity contribution in [2.45, 2.75) is 52.5 Å². The standard InChI is InChI=1S/C15H23N/c1-11-7-12(2)9-15(8-11)16-13(3)10-14-5-4-6-14/h7-9,13-14,16H,4-6,10H2,1-3H3. The molecular formula is C15H23N. The summed E-state index contributed by atoms with van der Waals surface area (Å²) in [4.78, 5) is 0. The van der Waals surface area contributed by atoms with Crippen molar-refractivity contribution in [2.75, 3.05) is 5.32 Å². The number of aryl methyl sites for hydroxylation is 2. The quantitative estimate of drug-likeness (QED) is 0.793. The minimum atomic E-state index is 0.603. The molecule has 1 heteroatoms. The summed E-state index contributed by atoms with van der Waals surface area (Å²) in [7, 11) is 0. The Labute approximate surface area is 99.3 Å². The summed E-state index contributed by atoms with van der Waals surface area (Å²) in [5, 5.41) is 3.62. The summed E-state index contributed by atoms with van der Waals surface area (Å²) >= 11 is 0. The van der Waals surface area contributed by atoms with Gasteiger partial charge in [0.1, 0.15) is 0 Å². The van der Waals surface area contributed by atoms with Gasteiger partial charge in [-0.3, -0.25) is 0 Å². The molecule has 1 atom stereocenters. The number of anilines is 1. The van der Waals surface area contributed by atoms with Crippen LogP contribution >= 0.6 is 0 Å². The molecule has 1 unspecified atom stereocenters. The van der Waals surface area contributed by atoms with Crippen LogP contribution in [0.15, 0.2) is 18.2 Å². The van der Waals surface area contributed by atoms with Crippen LogP contribution in [-0.4, -0.2) is 6.04 Å². The average molecular weight is 217 g/mol. The van der Waals surface area contributed by atoms with Crippen molar-refractivity contribution < 1.29 is 0 Å². The Kier molecular flexibility index (Phi) is 3.52. The summed E-state index contributed by atoms with van der Waals surface area (Å²) in [6.45, 7) is 6.62. The molecule has 0 aliphatic heterocycles. The van der Waals surface area contributed by atoms with E-state index >= 15 is 0 Å². The zero-order chi connectivity index (χ0) is 11.5. The van der Waals surface area contributed by atoms with Gasteiger partial charge in [-0.05, 0) is 56.4 Å². The predicted molar refractivity (Wildman–Crippen MR) is 71.0 cm³/mol. The molecule has 2 rings (SSSR count). The van der Waals surface area contributed by atoms with Crippen molar-refractivity contribution in [3.63, 3.8) is 0 Å². The van der Waals surface area contributed by atoms with Crippen LogP contribution < -0.4 is 5.32 Å². The van der Waals surface area contributed by atoms with Gasteiger partial charge in [-0.2, -0.15) is 0 Å². The fourth-order valence-corrected chi connectivity index (χ4v) is 2.63. The van der Waals surface area contributed by atoms with Gasteiger partial charge in [0.05, 0.1) is 0 Å². The minimum absolute atomic E-state index is 0.603. The maximum atomic E-state index is 3.62. The smallest absolute Gasteiger partial charge is 0.0347 e. The van der Waals surface area contributed by atoms with Gasteiger partial charge in [0.15, 0.2) is 0 Å². The third-order valence-electron chi connectivity index (χ3n) is 3.55. The highest BCUT2D eigenvalue weighted by atomic mass is 14.9. The fourth-order valence-electron chi connectivity index (χ4n) is 2.63. The van der Waals surface area contributed by atoms with Crippen molar-refractivity contribution in [1.29, 1.82) is 0 Å². The SMILES string of the molecule is Cc1cc(C)cc(NC(C)CC2CCC2)c1. The van der Waals surface area contributed by atoms with E-state index in [4.69, 9.17) is 0 Å². The van der Waals surface area contributed by atoms with Crippen molar-refractivity contribution in [3.8, 4) is 0 Å². The van der Waals surface area contributed by atoms with Gasteiger partial charge in [-0.15, -0.1) is 0 Å². The predicted octanol–water partition coefficient (Wildman–Crippen LogP) is 4.29. The highest BCUT2D eigenvalue weighted by molar-refractivity contribution is 5.48. The van der Waals surface area contributed by atoms with E-state index in [2.05, 4.69) is 44.3 Å². The highest BCUT2D eigenvalue weighted by Gasteiger charge is 2.19. The summed E-state index contributed by atoms with van der Waals surface area (Å²) in [6, 6.07) is 7.31. The lowest BCUT2D eigenvalue weighted by Crippen LogP contribution is -2.23. The first-order valence-electron chi connectivity index (χ1n) is 6.48. The van der Waals surface area contributed by atoms with Crippen LogP contribution in [0, 0.1) is 19.8 Å². The molecule has 0 saturated heterocycles. The number of rotatable bonds is 4. The van der Waals surface area contributed by atoms with E-state index < -0.39 is 0 Å². The van der Waals surface area contributed by atoms with Gasteiger partial charge in [-0.25, -0.2) is 0 Å².